The molecule has 3 rings (SSSR count). The molecule has 7 nitrogen and oxygen atoms in total. The fourth-order valence-electron chi connectivity index (χ4n) is 2.84. The van der Waals surface area contributed by atoms with E-state index in [1.54, 1.807) is 39.2 Å². The molecule has 0 fully saturated rings. The molecule has 0 atom stereocenters. The van der Waals surface area contributed by atoms with Crippen molar-refractivity contribution in [1.29, 1.82) is 0 Å². The topological polar surface area (TPSA) is 81.9 Å². The first-order valence-electron chi connectivity index (χ1n) is 9.13. The molecule has 3 aromatic rings. The Morgan fingerprint density at radius 1 is 1.00 bits per heavy atom. The second-order valence-electron chi connectivity index (χ2n) is 6.43. The Morgan fingerprint density at radius 2 is 1.69 bits per heavy atom. The van der Waals surface area contributed by atoms with Crippen molar-refractivity contribution in [1.82, 2.24) is 5.16 Å². The van der Waals surface area contributed by atoms with Gasteiger partial charge in [-0.25, -0.2) is 12.7 Å². The van der Waals surface area contributed by atoms with Crippen molar-refractivity contribution in [2.24, 2.45) is 0 Å². The monoisotopic (exact) mass is 416 g/mol. The van der Waals surface area contributed by atoms with Gasteiger partial charge in [0.15, 0.2) is 5.82 Å². The van der Waals surface area contributed by atoms with Crippen molar-refractivity contribution >= 4 is 15.8 Å². The largest absolute Gasteiger partial charge is 0.382 e. The maximum atomic E-state index is 13.7. The third-order valence-corrected chi connectivity index (χ3v) is 6.32. The van der Waals surface area contributed by atoms with E-state index in [1.165, 1.54) is 0 Å². The van der Waals surface area contributed by atoms with Gasteiger partial charge in [-0.2, -0.15) is 0 Å². The van der Waals surface area contributed by atoms with Crippen molar-refractivity contribution in [3.05, 3.63) is 65.9 Å². The average Bonchev–Trinajstić information content (AvgIpc) is 3.07. The standard InChI is InChI=1S/C21H24N2O5S/c1-16-17(2)28-22-21(16)23(15-27-14-13-26-3)29(24,25)20-12-8-7-11-19(20)18-9-5-4-6-10-18/h4-12H,13-15H2,1-3H3. The number of aromatic nitrogens is 1. The fourth-order valence-corrected chi connectivity index (χ4v) is 4.40. The summed E-state index contributed by atoms with van der Waals surface area (Å²) in [5, 5.41) is 3.97. The smallest absolute Gasteiger partial charge is 0.268 e. The number of methoxy groups -OCH3 is 1. The van der Waals surface area contributed by atoms with E-state index in [-0.39, 0.29) is 24.1 Å². The first-order valence-corrected chi connectivity index (χ1v) is 10.6. The Bertz CT molecular complexity index is 1050. The number of benzene rings is 2. The minimum absolute atomic E-state index is 0.168. The molecule has 1 heterocycles. The number of anilines is 1. The van der Waals surface area contributed by atoms with Gasteiger partial charge in [0.05, 0.1) is 18.1 Å². The highest BCUT2D eigenvalue weighted by Gasteiger charge is 2.31. The lowest BCUT2D eigenvalue weighted by molar-refractivity contribution is 0.0753. The molecule has 0 N–H and O–H groups in total. The number of ether oxygens (including phenoxy) is 2. The lowest BCUT2D eigenvalue weighted by Gasteiger charge is -2.23. The van der Waals surface area contributed by atoms with E-state index in [0.717, 1.165) is 9.87 Å². The second-order valence-corrected chi connectivity index (χ2v) is 8.26. The maximum Gasteiger partial charge on any atom is 0.268 e. The number of hydrogen-bond acceptors (Lipinski definition) is 6. The second kappa shape index (κ2) is 9.21. The minimum Gasteiger partial charge on any atom is -0.382 e. The zero-order valence-corrected chi connectivity index (χ0v) is 17.5. The molecule has 29 heavy (non-hydrogen) atoms. The molecule has 0 amide bonds. The number of nitrogens with zero attached hydrogens (tertiary/aromatic N) is 2. The van der Waals surface area contributed by atoms with Crippen LogP contribution in [0, 0.1) is 13.8 Å². The third kappa shape index (κ3) is 4.50. The van der Waals surface area contributed by atoms with Gasteiger partial charge in [-0.1, -0.05) is 53.7 Å². The first-order chi connectivity index (χ1) is 14.0. The van der Waals surface area contributed by atoms with Crippen molar-refractivity contribution < 1.29 is 22.4 Å². The molecule has 0 aliphatic rings. The van der Waals surface area contributed by atoms with Crippen LogP contribution in [0.15, 0.2) is 64.0 Å². The van der Waals surface area contributed by atoms with Crippen LogP contribution in [0.4, 0.5) is 5.82 Å². The van der Waals surface area contributed by atoms with Gasteiger partial charge >= 0.3 is 0 Å². The van der Waals surface area contributed by atoms with Gasteiger partial charge in [-0.3, -0.25) is 0 Å². The highest BCUT2D eigenvalue weighted by molar-refractivity contribution is 7.93. The zero-order chi connectivity index (χ0) is 20.9. The lowest BCUT2D eigenvalue weighted by Crippen LogP contribution is -2.35. The molecule has 0 radical (unpaired) electrons. The fraction of sp³-hybridized carbons (Fsp3) is 0.286. The van der Waals surface area contributed by atoms with Crippen LogP contribution >= 0.6 is 0 Å². The van der Waals surface area contributed by atoms with Crippen LogP contribution in [0.2, 0.25) is 0 Å². The number of aryl methyl sites for hydroxylation is 1. The molecule has 0 saturated heterocycles. The van der Waals surface area contributed by atoms with Gasteiger partial charge in [-0.15, -0.1) is 0 Å². The predicted molar refractivity (Wildman–Crippen MR) is 110 cm³/mol. The summed E-state index contributed by atoms with van der Waals surface area (Å²) in [6, 6.07) is 16.3. The van der Waals surface area contributed by atoms with Crippen LogP contribution in [0.1, 0.15) is 11.3 Å². The Hall–Kier alpha value is -2.68. The molecule has 0 aliphatic heterocycles. The predicted octanol–water partition coefficient (Wildman–Crippen LogP) is 3.77. The summed E-state index contributed by atoms with van der Waals surface area (Å²) in [6.07, 6.45) is 0. The van der Waals surface area contributed by atoms with Crippen molar-refractivity contribution in [2.75, 3.05) is 31.4 Å². The summed E-state index contributed by atoms with van der Waals surface area (Å²) in [5.41, 5.74) is 2.05. The molecular weight excluding hydrogens is 392 g/mol. The summed E-state index contributed by atoms with van der Waals surface area (Å²) >= 11 is 0. The summed E-state index contributed by atoms with van der Waals surface area (Å²) in [4.78, 5) is 0.168. The molecule has 154 valence electrons. The molecule has 0 bridgehead atoms. The Balaban J connectivity index is 2.07. The lowest BCUT2D eigenvalue weighted by atomic mass is 10.1. The minimum atomic E-state index is -3.98. The summed E-state index contributed by atoms with van der Waals surface area (Å²) in [5.74, 6) is 0.760. The van der Waals surface area contributed by atoms with Crippen LogP contribution < -0.4 is 4.31 Å². The molecule has 8 heteroatoms. The van der Waals surface area contributed by atoms with Gasteiger partial charge in [0.25, 0.3) is 10.0 Å². The number of hydrogen-bond donors (Lipinski definition) is 0. The van der Waals surface area contributed by atoms with E-state index in [2.05, 4.69) is 5.16 Å². The van der Waals surface area contributed by atoms with Gasteiger partial charge in [0.2, 0.25) is 0 Å². The normalized spacial score (nSPS) is 11.6. The van der Waals surface area contributed by atoms with Gasteiger partial charge in [-0.05, 0) is 25.5 Å². The number of sulfonamides is 1. The average molecular weight is 416 g/mol. The van der Waals surface area contributed by atoms with Crippen molar-refractivity contribution in [3.63, 3.8) is 0 Å². The molecule has 1 aromatic heterocycles. The van der Waals surface area contributed by atoms with Gasteiger partial charge in [0.1, 0.15) is 12.5 Å². The highest BCUT2D eigenvalue weighted by atomic mass is 32.2. The van der Waals surface area contributed by atoms with E-state index >= 15 is 0 Å². The van der Waals surface area contributed by atoms with E-state index in [9.17, 15) is 8.42 Å². The third-order valence-electron chi connectivity index (χ3n) is 4.55. The molecule has 0 saturated carbocycles. The van der Waals surface area contributed by atoms with Gasteiger partial charge < -0.3 is 14.0 Å². The SMILES string of the molecule is COCCOCN(c1noc(C)c1C)S(=O)(=O)c1ccccc1-c1ccccc1. The van der Waals surface area contributed by atoms with Crippen LogP contribution in [0.3, 0.4) is 0 Å². The van der Waals surface area contributed by atoms with E-state index < -0.39 is 10.0 Å². The quantitative estimate of drug-likeness (QED) is 0.390. The summed E-state index contributed by atoms with van der Waals surface area (Å²) in [7, 11) is -2.43. The van der Waals surface area contributed by atoms with Crippen molar-refractivity contribution in [2.45, 2.75) is 18.7 Å². The van der Waals surface area contributed by atoms with Crippen LogP contribution in [0.5, 0.6) is 0 Å². The Labute approximate surface area is 170 Å². The van der Waals surface area contributed by atoms with Crippen LogP contribution in [0.25, 0.3) is 11.1 Å². The molecule has 0 aliphatic carbocycles. The molecule has 0 unspecified atom stereocenters. The highest BCUT2D eigenvalue weighted by Crippen LogP contribution is 2.33. The van der Waals surface area contributed by atoms with Crippen LogP contribution in [-0.2, 0) is 19.5 Å². The summed E-state index contributed by atoms with van der Waals surface area (Å²) < 4.78 is 44.2. The zero-order valence-electron chi connectivity index (χ0n) is 16.7. The maximum absolute atomic E-state index is 13.7. The Kier molecular flexibility index (Phi) is 6.68. The molecular formula is C21H24N2O5S. The van der Waals surface area contributed by atoms with Crippen LogP contribution in [-0.4, -0.2) is 40.6 Å². The van der Waals surface area contributed by atoms with E-state index in [0.29, 0.717) is 23.5 Å². The Morgan fingerprint density at radius 3 is 2.34 bits per heavy atom. The summed E-state index contributed by atoms with van der Waals surface area (Å²) in [6.45, 7) is 3.90. The van der Waals surface area contributed by atoms with Gasteiger partial charge in [0, 0.05) is 18.2 Å². The number of rotatable bonds is 9. The molecule has 0 spiro atoms. The first kappa shape index (κ1) is 21.0. The van der Waals surface area contributed by atoms with Crippen molar-refractivity contribution in [3.8, 4) is 11.1 Å². The van der Waals surface area contributed by atoms with E-state index in [4.69, 9.17) is 14.0 Å². The van der Waals surface area contributed by atoms with E-state index in [1.807, 2.05) is 36.4 Å². The molecule has 2 aromatic carbocycles.